The number of hydrogen-bond acceptors (Lipinski definition) is 4. The number of oxime groups is 1. The van der Waals surface area contributed by atoms with Crippen LogP contribution in [0.1, 0.15) is 18.9 Å². The smallest absolute Gasteiger partial charge is 0.265 e. The van der Waals surface area contributed by atoms with Crippen molar-refractivity contribution in [2.24, 2.45) is 5.16 Å². The Morgan fingerprint density at radius 1 is 1.42 bits per heavy atom. The minimum Gasteiger partial charge on any atom is -0.411 e. The summed E-state index contributed by atoms with van der Waals surface area (Å²) >= 11 is 0. The number of amides is 1. The lowest BCUT2D eigenvalue weighted by molar-refractivity contribution is -0.114. The molecule has 5 heteroatoms. The van der Waals surface area contributed by atoms with Crippen molar-refractivity contribution in [1.82, 2.24) is 10.2 Å². The Labute approximate surface area is 113 Å². The maximum absolute atomic E-state index is 11.0. The van der Waals surface area contributed by atoms with E-state index < -0.39 is 0 Å². The Hall–Kier alpha value is -1.88. The molecular formula is C14H21N3O2. The van der Waals surface area contributed by atoms with Gasteiger partial charge in [0.05, 0.1) is 0 Å². The van der Waals surface area contributed by atoms with Crippen LogP contribution in [0.25, 0.3) is 0 Å². The number of benzene rings is 1. The molecule has 19 heavy (non-hydrogen) atoms. The van der Waals surface area contributed by atoms with Gasteiger partial charge in [-0.15, -0.1) is 0 Å². The molecule has 0 heterocycles. The van der Waals surface area contributed by atoms with Crippen LogP contribution in [0.15, 0.2) is 35.5 Å². The van der Waals surface area contributed by atoms with Gasteiger partial charge in [-0.05, 0) is 18.5 Å². The highest BCUT2D eigenvalue weighted by Crippen LogP contribution is 2.04. The van der Waals surface area contributed by atoms with Gasteiger partial charge in [-0.2, -0.15) is 0 Å². The maximum atomic E-state index is 11.0. The normalized spacial score (nSPS) is 11.1. The molecule has 1 aromatic rings. The van der Waals surface area contributed by atoms with Crippen LogP contribution >= 0.6 is 0 Å². The first-order valence-corrected chi connectivity index (χ1v) is 6.47. The second-order valence-electron chi connectivity index (χ2n) is 4.24. The number of carbonyl (C=O) groups excluding carboxylic acids is 1. The summed E-state index contributed by atoms with van der Waals surface area (Å²) in [5.74, 6) is -0.367. The quantitative estimate of drug-likeness (QED) is 0.323. The van der Waals surface area contributed by atoms with Crippen molar-refractivity contribution in [3.05, 3.63) is 35.9 Å². The number of hydrogen-bond donors (Lipinski definition) is 2. The highest BCUT2D eigenvalue weighted by molar-refractivity contribution is 6.25. The zero-order chi connectivity index (χ0) is 13.9. The van der Waals surface area contributed by atoms with E-state index in [0.717, 1.165) is 32.3 Å². The molecule has 1 rings (SSSR count). The predicted octanol–water partition coefficient (Wildman–Crippen LogP) is 1.47. The number of rotatable bonds is 8. The van der Waals surface area contributed by atoms with E-state index in [0.29, 0.717) is 6.54 Å². The van der Waals surface area contributed by atoms with E-state index in [2.05, 4.69) is 34.4 Å². The topological polar surface area (TPSA) is 64.9 Å². The summed E-state index contributed by atoms with van der Waals surface area (Å²) in [6, 6.07) is 10.3. The van der Waals surface area contributed by atoms with Crippen LogP contribution in [-0.4, -0.2) is 41.9 Å². The van der Waals surface area contributed by atoms with Gasteiger partial charge in [-0.3, -0.25) is 9.69 Å². The van der Waals surface area contributed by atoms with Crippen LogP contribution in [0.2, 0.25) is 0 Å². The third kappa shape index (κ3) is 6.57. The molecule has 0 saturated heterocycles. The number of nitrogens with zero attached hydrogens (tertiary/aromatic N) is 2. The third-order valence-corrected chi connectivity index (χ3v) is 2.82. The van der Waals surface area contributed by atoms with Crippen LogP contribution in [-0.2, 0) is 11.3 Å². The predicted molar refractivity (Wildman–Crippen MR) is 75.3 cm³/mol. The summed E-state index contributed by atoms with van der Waals surface area (Å²) in [6.07, 6.45) is 1.73. The van der Waals surface area contributed by atoms with Gasteiger partial charge in [0.15, 0.2) is 0 Å². The molecule has 0 bridgehead atoms. The molecule has 0 fully saturated rings. The molecule has 0 atom stereocenters. The second kappa shape index (κ2) is 9.10. The summed E-state index contributed by atoms with van der Waals surface area (Å²) in [7, 11) is 0. The van der Waals surface area contributed by atoms with Crippen molar-refractivity contribution < 1.29 is 10.0 Å². The van der Waals surface area contributed by atoms with E-state index in [1.807, 2.05) is 18.2 Å². The third-order valence-electron chi connectivity index (χ3n) is 2.82. The molecule has 1 aromatic carbocycles. The largest absolute Gasteiger partial charge is 0.411 e. The lowest BCUT2D eigenvalue weighted by Gasteiger charge is -2.20. The molecule has 0 unspecified atom stereocenters. The van der Waals surface area contributed by atoms with E-state index in [9.17, 15) is 4.79 Å². The minimum absolute atomic E-state index is 0.367. The highest BCUT2D eigenvalue weighted by Gasteiger charge is 2.03. The monoisotopic (exact) mass is 263 g/mol. The van der Waals surface area contributed by atoms with Gasteiger partial charge < -0.3 is 10.5 Å². The molecule has 0 spiro atoms. The zero-order valence-electron chi connectivity index (χ0n) is 11.2. The van der Waals surface area contributed by atoms with Crippen molar-refractivity contribution in [2.75, 3.05) is 19.6 Å². The summed E-state index contributed by atoms with van der Waals surface area (Å²) in [5.41, 5.74) is 1.29. The number of carbonyl (C=O) groups is 1. The lowest BCUT2D eigenvalue weighted by atomic mass is 10.2. The van der Waals surface area contributed by atoms with Gasteiger partial charge >= 0.3 is 0 Å². The van der Waals surface area contributed by atoms with Crippen LogP contribution in [0.4, 0.5) is 0 Å². The zero-order valence-corrected chi connectivity index (χ0v) is 11.2. The lowest BCUT2D eigenvalue weighted by Crippen LogP contribution is -2.30. The average molecular weight is 263 g/mol. The molecular weight excluding hydrogens is 242 g/mol. The summed E-state index contributed by atoms with van der Waals surface area (Å²) < 4.78 is 0. The van der Waals surface area contributed by atoms with Gasteiger partial charge in [-0.1, -0.05) is 42.4 Å². The van der Waals surface area contributed by atoms with Gasteiger partial charge in [0.25, 0.3) is 5.91 Å². The maximum Gasteiger partial charge on any atom is 0.265 e. The molecule has 0 saturated carbocycles. The van der Waals surface area contributed by atoms with Gasteiger partial charge in [0, 0.05) is 19.6 Å². The Morgan fingerprint density at radius 2 is 2.16 bits per heavy atom. The fourth-order valence-electron chi connectivity index (χ4n) is 1.80. The van der Waals surface area contributed by atoms with Crippen LogP contribution in [0.5, 0.6) is 0 Å². The van der Waals surface area contributed by atoms with Crippen molar-refractivity contribution >= 4 is 12.1 Å². The molecule has 0 aliphatic rings. The fraction of sp³-hybridized carbons (Fsp3) is 0.429. The summed E-state index contributed by atoms with van der Waals surface area (Å²) in [4.78, 5) is 13.3. The molecule has 1 amide bonds. The van der Waals surface area contributed by atoms with Gasteiger partial charge in [0.2, 0.25) is 0 Å². The van der Waals surface area contributed by atoms with Gasteiger partial charge in [-0.25, -0.2) is 0 Å². The molecule has 0 aromatic heterocycles. The first-order chi connectivity index (χ1) is 9.26. The standard InChI is InChI=1S/C14H21N3O2/c1-2-17(12-13-7-4-3-5-8-13)10-6-9-15-14(18)11-16-19/h3-5,7-8,11,19H,2,6,9-10,12H2,1H3,(H,15,18)/b16-11+. The molecule has 0 radical (unpaired) electrons. The first-order valence-electron chi connectivity index (χ1n) is 6.47. The van der Waals surface area contributed by atoms with E-state index in [4.69, 9.17) is 5.21 Å². The fourth-order valence-corrected chi connectivity index (χ4v) is 1.80. The second-order valence-corrected chi connectivity index (χ2v) is 4.24. The minimum atomic E-state index is -0.367. The Bertz CT molecular complexity index is 393. The molecule has 5 nitrogen and oxygen atoms in total. The summed E-state index contributed by atoms with van der Waals surface area (Å²) in [6.45, 7) is 5.52. The first kappa shape index (κ1) is 15.2. The summed E-state index contributed by atoms with van der Waals surface area (Å²) in [5, 5.41) is 13.5. The highest BCUT2D eigenvalue weighted by atomic mass is 16.4. The van der Waals surface area contributed by atoms with Crippen LogP contribution in [0, 0.1) is 0 Å². The average Bonchev–Trinajstić information content (AvgIpc) is 2.43. The number of nitrogens with one attached hydrogen (secondary N) is 1. The van der Waals surface area contributed by atoms with Crippen molar-refractivity contribution in [2.45, 2.75) is 19.9 Å². The molecule has 104 valence electrons. The van der Waals surface area contributed by atoms with Crippen molar-refractivity contribution in [3.63, 3.8) is 0 Å². The Morgan fingerprint density at radius 3 is 2.79 bits per heavy atom. The van der Waals surface area contributed by atoms with E-state index >= 15 is 0 Å². The molecule has 0 aliphatic carbocycles. The van der Waals surface area contributed by atoms with E-state index in [1.54, 1.807) is 0 Å². The van der Waals surface area contributed by atoms with Gasteiger partial charge in [0.1, 0.15) is 6.21 Å². The van der Waals surface area contributed by atoms with Crippen LogP contribution in [0.3, 0.4) is 0 Å². The van der Waals surface area contributed by atoms with E-state index in [1.165, 1.54) is 5.56 Å². The molecule has 2 N–H and O–H groups in total. The van der Waals surface area contributed by atoms with Crippen LogP contribution < -0.4 is 5.32 Å². The van der Waals surface area contributed by atoms with Crippen molar-refractivity contribution in [3.8, 4) is 0 Å². The Kier molecular flexibility index (Phi) is 7.27. The molecule has 0 aliphatic heterocycles. The Balaban J connectivity index is 2.24. The van der Waals surface area contributed by atoms with E-state index in [-0.39, 0.29) is 5.91 Å². The SMILES string of the molecule is CCN(CCCNC(=O)/C=N/O)Cc1ccccc1. The van der Waals surface area contributed by atoms with Crippen molar-refractivity contribution in [1.29, 1.82) is 0 Å².